The molecule has 1 atom stereocenters. The molecule has 2 N–H and O–H groups in total. The number of nitrogens with one attached hydrogen (secondary N) is 1. The number of benzene rings is 1. The standard InChI is InChI=1S/C20H21F3N4OS/c1-2-27-8-3-4-13(11-27)24-19-18-15(7-9-29-18)17(25-26-19)14-6-5-12(10-16(14)28)20(21,22)23/h5-7,9-10,13,28H,2-4,8,11H2,1H3,(H,24,26)/t13-/m1/s1. The number of piperidine rings is 1. The fourth-order valence-corrected chi connectivity index (χ4v) is 4.58. The van der Waals surface area contributed by atoms with E-state index in [0.717, 1.165) is 54.7 Å². The van der Waals surface area contributed by atoms with Gasteiger partial charge in [0.15, 0.2) is 5.82 Å². The van der Waals surface area contributed by atoms with Crippen LogP contribution in [0.4, 0.5) is 19.0 Å². The minimum Gasteiger partial charge on any atom is -0.507 e. The zero-order valence-electron chi connectivity index (χ0n) is 15.8. The quantitative estimate of drug-likeness (QED) is 0.621. The molecule has 9 heteroatoms. The molecule has 29 heavy (non-hydrogen) atoms. The van der Waals surface area contributed by atoms with Gasteiger partial charge in [0.05, 0.1) is 10.3 Å². The highest BCUT2D eigenvalue weighted by Crippen LogP contribution is 2.40. The number of hydrogen-bond donors (Lipinski definition) is 2. The number of halogens is 3. The molecule has 3 heterocycles. The van der Waals surface area contributed by atoms with Crippen molar-refractivity contribution in [2.75, 3.05) is 25.0 Å². The Morgan fingerprint density at radius 1 is 1.28 bits per heavy atom. The first-order valence-electron chi connectivity index (χ1n) is 9.50. The van der Waals surface area contributed by atoms with E-state index in [1.54, 1.807) is 0 Å². The van der Waals surface area contributed by atoms with E-state index in [1.165, 1.54) is 17.4 Å². The average Bonchev–Trinajstić information content (AvgIpc) is 3.18. The van der Waals surface area contributed by atoms with Crippen LogP contribution in [0.2, 0.25) is 0 Å². The highest BCUT2D eigenvalue weighted by molar-refractivity contribution is 7.17. The first-order chi connectivity index (χ1) is 13.9. The number of likely N-dealkylation sites (N-methyl/N-ethyl adjacent to an activating group) is 1. The zero-order chi connectivity index (χ0) is 20.6. The maximum absolute atomic E-state index is 12.9. The molecule has 0 spiro atoms. The minimum atomic E-state index is -4.51. The average molecular weight is 422 g/mol. The lowest BCUT2D eigenvalue weighted by molar-refractivity contribution is -0.137. The summed E-state index contributed by atoms with van der Waals surface area (Å²) in [7, 11) is 0. The topological polar surface area (TPSA) is 61.3 Å². The van der Waals surface area contributed by atoms with Crippen molar-refractivity contribution in [1.29, 1.82) is 0 Å². The molecule has 3 aromatic rings. The normalized spacial score (nSPS) is 18.3. The number of fused-ring (bicyclic) bond motifs is 1. The van der Waals surface area contributed by atoms with Crippen LogP contribution in [0.5, 0.6) is 5.75 Å². The van der Waals surface area contributed by atoms with Crippen molar-refractivity contribution in [2.24, 2.45) is 0 Å². The Morgan fingerprint density at radius 3 is 2.83 bits per heavy atom. The third-order valence-electron chi connectivity index (χ3n) is 5.26. The number of phenols is 1. The number of hydrogen-bond acceptors (Lipinski definition) is 6. The van der Waals surface area contributed by atoms with Crippen LogP contribution >= 0.6 is 11.3 Å². The number of anilines is 1. The predicted molar refractivity (Wildman–Crippen MR) is 108 cm³/mol. The van der Waals surface area contributed by atoms with Crippen molar-refractivity contribution < 1.29 is 18.3 Å². The number of phenolic OH excluding ortho intramolecular Hbond substituents is 1. The summed E-state index contributed by atoms with van der Waals surface area (Å²) in [6.45, 7) is 5.18. The van der Waals surface area contributed by atoms with Gasteiger partial charge >= 0.3 is 6.18 Å². The van der Waals surface area contributed by atoms with E-state index in [0.29, 0.717) is 11.5 Å². The highest BCUT2D eigenvalue weighted by Gasteiger charge is 2.31. The Kier molecular flexibility index (Phi) is 5.35. The predicted octanol–water partition coefficient (Wildman–Crippen LogP) is 4.98. The van der Waals surface area contributed by atoms with Gasteiger partial charge in [0, 0.05) is 23.5 Å². The number of rotatable bonds is 4. The number of aromatic hydroxyl groups is 1. The Hall–Kier alpha value is -2.39. The summed E-state index contributed by atoms with van der Waals surface area (Å²) in [4.78, 5) is 2.38. The molecule has 1 saturated heterocycles. The fourth-order valence-electron chi connectivity index (χ4n) is 3.73. The zero-order valence-corrected chi connectivity index (χ0v) is 16.6. The minimum absolute atomic E-state index is 0.232. The molecular formula is C20H21F3N4OS. The van der Waals surface area contributed by atoms with Gasteiger partial charge in [-0.25, -0.2) is 0 Å². The number of aromatic nitrogens is 2. The van der Waals surface area contributed by atoms with E-state index >= 15 is 0 Å². The third kappa shape index (κ3) is 4.02. The molecule has 0 unspecified atom stereocenters. The van der Waals surface area contributed by atoms with E-state index in [9.17, 15) is 18.3 Å². The van der Waals surface area contributed by atoms with Crippen molar-refractivity contribution in [3.05, 3.63) is 35.2 Å². The van der Waals surface area contributed by atoms with Crippen molar-refractivity contribution in [1.82, 2.24) is 15.1 Å². The molecule has 0 amide bonds. The van der Waals surface area contributed by atoms with Crippen molar-refractivity contribution in [3.63, 3.8) is 0 Å². The molecule has 0 bridgehead atoms. The number of likely N-dealkylation sites (tertiary alicyclic amines) is 1. The molecule has 154 valence electrons. The molecule has 2 aromatic heterocycles. The van der Waals surface area contributed by atoms with Crippen LogP contribution in [0, 0.1) is 0 Å². The summed E-state index contributed by atoms with van der Waals surface area (Å²) in [6.07, 6.45) is -2.35. The first kappa shape index (κ1) is 19.9. The smallest absolute Gasteiger partial charge is 0.416 e. The van der Waals surface area contributed by atoms with Crippen LogP contribution in [0.1, 0.15) is 25.3 Å². The second-order valence-corrected chi connectivity index (χ2v) is 8.08. The monoisotopic (exact) mass is 422 g/mol. The van der Waals surface area contributed by atoms with Gasteiger partial charge < -0.3 is 15.3 Å². The molecule has 0 saturated carbocycles. The molecule has 5 nitrogen and oxygen atoms in total. The van der Waals surface area contributed by atoms with Crippen LogP contribution in [-0.2, 0) is 6.18 Å². The second-order valence-electron chi connectivity index (χ2n) is 7.17. The van der Waals surface area contributed by atoms with E-state index in [1.807, 2.05) is 11.4 Å². The maximum Gasteiger partial charge on any atom is 0.416 e. The van der Waals surface area contributed by atoms with Gasteiger partial charge in [0.25, 0.3) is 0 Å². The van der Waals surface area contributed by atoms with Gasteiger partial charge in [0.2, 0.25) is 0 Å². The van der Waals surface area contributed by atoms with Gasteiger partial charge in [0.1, 0.15) is 11.4 Å². The number of nitrogens with zero attached hydrogens (tertiary/aromatic N) is 3. The summed E-state index contributed by atoms with van der Waals surface area (Å²) in [5.74, 6) is 0.210. The van der Waals surface area contributed by atoms with Crippen LogP contribution in [0.15, 0.2) is 29.6 Å². The highest BCUT2D eigenvalue weighted by atomic mass is 32.1. The maximum atomic E-state index is 12.9. The summed E-state index contributed by atoms with van der Waals surface area (Å²) < 4.78 is 39.5. The molecule has 0 radical (unpaired) electrons. The Balaban J connectivity index is 1.67. The van der Waals surface area contributed by atoms with Crippen LogP contribution in [0.3, 0.4) is 0 Å². The molecule has 0 aliphatic carbocycles. The lowest BCUT2D eigenvalue weighted by Crippen LogP contribution is -2.42. The van der Waals surface area contributed by atoms with Gasteiger partial charge in [-0.1, -0.05) is 6.92 Å². The second kappa shape index (κ2) is 7.79. The van der Waals surface area contributed by atoms with Crippen molar-refractivity contribution in [2.45, 2.75) is 32.0 Å². The fraction of sp³-hybridized carbons (Fsp3) is 0.400. The summed E-state index contributed by atoms with van der Waals surface area (Å²) >= 11 is 1.49. The van der Waals surface area contributed by atoms with Crippen LogP contribution in [-0.4, -0.2) is 45.9 Å². The van der Waals surface area contributed by atoms with E-state index in [2.05, 4.69) is 27.3 Å². The summed E-state index contributed by atoms with van der Waals surface area (Å²) in [6, 6.07) is 5.04. The molecule has 1 fully saturated rings. The Labute approximate surface area is 170 Å². The van der Waals surface area contributed by atoms with Crippen LogP contribution in [0.25, 0.3) is 21.3 Å². The van der Waals surface area contributed by atoms with Gasteiger partial charge in [-0.2, -0.15) is 13.2 Å². The van der Waals surface area contributed by atoms with E-state index in [4.69, 9.17) is 0 Å². The van der Waals surface area contributed by atoms with E-state index < -0.39 is 17.5 Å². The number of thiophene rings is 1. The summed E-state index contributed by atoms with van der Waals surface area (Å²) in [5, 5.41) is 24.9. The molecule has 1 aliphatic rings. The van der Waals surface area contributed by atoms with Gasteiger partial charge in [-0.3, -0.25) is 0 Å². The van der Waals surface area contributed by atoms with E-state index in [-0.39, 0.29) is 11.6 Å². The van der Waals surface area contributed by atoms with Crippen molar-refractivity contribution >= 4 is 27.2 Å². The third-order valence-corrected chi connectivity index (χ3v) is 6.18. The Morgan fingerprint density at radius 2 is 2.10 bits per heavy atom. The molecule has 4 rings (SSSR count). The molecular weight excluding hydrogens is 401 g/mol. The van der Waals surface area contributed by atoms with Gasteiger partial charge in [-0.05, 0) is 55.6 Å². The first-order valence-corrected chi connectivity index (χ1v) is 10.4. The molecule has 1 aliphatic heterocycles. The Bertz CT molecular complexity index is 1020. The SMILES string of the molecule is CCN1CCC[C@@H](Nc2nnc(-c3ccc(C(F)(F)F)cc3O)c3ccsc23)C1. The lowest BCUT2D eigenvalue weighted by Gasteiger charge is -2.32. The van der Waals surface area contributed by atoms with Crippen molar-refractivity contribution in [3.8, 4) is 17.0 Å². The van der Waals surface area contributed by atoms with Crippen LogP contribution < -0.4 is 5.32 Å². The lowest BCUT2D eigenvalue weighted by atomic mass is 10.0. The molecule has 1 aromatic carbocycles. The summed E-state index contributed by atoms with van der Waals surface area (Å²) in [5.41, 5.74) is -0.295. The number of alkyl halides is 3. The van der Waals surface area contributed by atoms with Gasteiger partial charge in [-0.15, -0.1) is 21.5 Å². The largest absolute Gasteiger partial charge is 0.507 e.